The Morgan fingerprint density at radius 3 is 2.36 bits per heavy atom. The molecule has 1 aromatic rings. The van der Waals surface area contributed by atoms with E-state index in [2.05, 4.69) is 30.1 Å². The van der Waals surface area contributed by atoms with Gasteiger partial charge in [-0.3, -0.25) is 4.90 Å². The summed E-state index contributed by atoms with van der Waals surface area (Å²) in [6, 6.07) is 6.44. The fourth-order valence-electron chi connectivity index (χ4n) is 3.34. The van der Waals surface area contributed by atoms with Crippen LogP contribution < -0.4 is 14.8 Å². The predicted octanol–water partition coefficient (Wildman–Crippen LogP) is 3.21. The molecule has 1 aromatic carbocycles. The Morgan fingerprint density at radius 2 is 1.80 bits per heavy atom. The van der Waals surface area contributed by atoms with Gasteiger partial charge in [0.15, 0.2) is 11.5 Å². The monoisotopic (exact) mass is 343 g/mol. The summed E-state index contributed by atoms with van der Waals surface area (Å²) in [6.45, 7) is 7.86. The standard InChI is InChI=1S/C20H29N3O2/c1-5-9-23(10-6-2)14-16(13-21)20-17-12-19(25-4)18(24-3)11-15(17)7-8-22-20/h11-12,22H,5-10,14H2,1-4H3/b20-16-. The van der Waals surface area contributed by atoms with Crippen molar-refractivity contribution >= 4 is 5.70 Å². The van der Waals surface area contributed by atoms with Crippen LogP contribution in [0.3, 0.4) is 0 Å². The number of hydrogen-bond acceptors (Lipinski definition) is 5. The van der Waals surface area contributed by atoms with Crippen molar-refractivity contribution in [2.24, 2.45) is 0 Å². The van der Waals surface area contributed by atoms with Gasteiger partial charge in [0, 0.05) is 18.7 Å². The molecule has 0 radical (unpaired) electrons. The van der Waals surface area contributed by atoms with Crippen LogP contribution in [0.5, 0.6) is 11.5 Å². The number of fused-ring (bicyclic) bond motifs is 1. The Bertz CT molecular complexity index is 656. The molecule has 1 heterocycles. The van der Waals surface area contributed by atoms with Crippen LogP contribution in [-0.2, 0) is 6.42 Å². The molecule has 0 spiro atoms. The number of methoxy groups -OCH3 is 2. The van der Waals surface area contributed by atoms with E-state index >= 15 is 0 Å². The summed E-state index contributed by atoms with van der Waals surface area (Å²) in [6.07, 6.45) is 3.08. The molecule has 5 nitrogen and oxygen atoms in total. The zero-order valence-corrected chi connectivity index (χ0v) is 15.8. The third-order valence-electron chi connectivity index (χ3n) is 4.47. The minimum absolute atomic E-state index is 0.675. The fourth-order valence-corrected chi connectivity index (χ4v) is 3.34. The smallest absolute Gasteiger partial charge is 0.161 e. The SMILES string of the molecule is CCCN(CCC)C/C(C#N)=C1\NCCc2cc(OC)c(OC)cc21. The van der Waals surface area contributed by atoms with Crippen LogP contribution in [0.1, 0.15) is 37.8 Å². The van der Waals surface area contributed by atoms with Gasteiger partial charge in [-0.2, -0.15) is 5.26 Å². The van der Waals surface area contributed by atoms with E-state index in [0.29, 0.717) is 12.3 Å². The molecule has 136 valence electrons. The highest BCUT2D eigenvalue weighted by Crippen LogP contribution is 2.35. The van der Waals surface area contributed by atoms with Crippen molar-refractivity contribution in [2.45, 2.75) is 33.1 Å². The van der Waals surface area contributed by atoms with Gasteiger partial charge in [-0.1, -0.05) is 13.8 Å². The maximum absolute atomic E-state index is 9.79. The third kappa shape index (κ3) is 4.46. The first kappa shape index (κ1) is 19.1. The Balaban J connectivity index is 2.44. The van der Waals surface area contributed by atoms with Crippen molar-refractivity contribution in [1.29, 1.82) is 5.26 Å². The molecule has 0 unspecified atom stereocenters. The van der Waals surface area contributed by atoms with Gasteiger partial charge in [0.2, 0.25) is 0 Å². The minimum atomic E-state index is 0.675. The van der Waals surface area contributed by atoms with Crippen LogP contribution in [0.4, 0.5) is 0 Å². The normalized spacial score (nSPS) is 15.2. The van der Waals surface area contributed by atoms with Crippen LogP contribution in [-0.4, -0.2) is 45.3 Å². The number of ether oxygens (including phenoxy) is 2. The van der Waals surface area contributed by atoms with Gasteiger partial charge >= 0.3 is 0 Å². The van der Waals surface area contributed by atoms with E-state index in [-0.39, 0.29) is 0 Å². The van der Waals surface area contributed by atoms with E-state index in [9.17, 15) is 5.26 Å². The van der Waals surface area contributed by atoms with Crippen molar-refractivity contribution in [3.8, 4) is 17.6 Å². The van der Waals surface area contributed by atoms with Crippen molar-refractivity contribution in [2.75, 3.05) is 40.4 Å². The lowest BCUT2D eigenvalue weighted by Gasteiger charge is -2.26. The minimum Gasteiger partial charge on any atom is -0.493 e. The molecule has 0 amide bonds. The van der Waals surface area contributed by atoms with Gasteiger partial charge in [0.25, 0.3) is 0 Å². The highest BCUT2D eigenvalue weighted by molar-refractivity contribution is 5.76. The van der Waals surface area contributed by atoms with Crippen LogP contribution in [0.15, 0.2) is 17.7 Å². The zero-order chi connectivity index (χ0) is 18.2. The third-order valence-corrected chi connectivity index (χ3v) is 4.47. The molecule has 0 aromatic heterocycles. The molecular weight excluding hydrogens is 314 g/mol. The first-order chi connectivity index (χ1) is 12.2. The second-order valence-corrected chi connectivity index (χ2v) is 6.28. The molecule has 0 saturated carbocycles. The molecule has 1 aliphatic heterocycles. The van der Waals surface area contributed by atoms with Crippen molar-refractivity contribution in [3.63, 3.8) is 0 Å². The first-order valence-electron chi connectivity index (χ1n) is 9.03. The molecule has 0 saturated heterocycles. The van der Waals surface area contributed by atoms with E-state index in [0.717, 1.165) is 61.5 Å². The van der Waals surface area contributed by atoms with Crippen LogP contribution >= 0.6 is 0 Å². The molecular formula is C20H29N3O2. The van der Waals surface area contributed by atoms with Crippen molar-refractivity contribution in [3.05, 3.63) is 28.8 Å². The molecule has 0 atom stereocenters. The van der Waals surface area contributed by atoms with Gasteiger partial charge in [0.1, 0.15) is 0 Å². The predicted molar refractivity (Wildman–Crippen MR) is 101 cm³/mol. The first-order valence-corrected chi connectivity index (χ1v) is 9.03. The summed E-state index contributed by atoms with van der Waals surface area (Å²) in [7, 11) is 3.29. The Kier molecular flexibility index (Phi) is 7.15. The molecule has 1 N–H and O–H groups in total. The molecule has 5 heteroatoms. The number of hydrogen-bond donors (Lipinski definition) is 1. The Morgan fingerprint density at radius 1 is 1.16 bits per heavy atom. The number of nitrogens with one attached hydrogen (secondary N) is 1. The number of nitrogens with zero attached hydrogens (tertiary/aromatic N) is 2. The van der Waals surface area contributed by atoms with Gasteiger partial charge in [-0.15, -0.1) is 0 Å². The summed E-state index contributed by atoms with van der Waals surface area (Å²) in [5.41, 5.74) is 3.96. The average molecular weight is 343 g/mol. The second-order valence-electron chi connectivity index (χ2n) is 6.28. The summed E-state index contributed by atoms with van der Waals surface area (Å²) in [5, 5.41) is 13.2. The highest BCUT2D eigenvalue weighted by Gasteiger charge is 2.21. The molecule has 0 bridgehead atoms. The number of nitriles is 1. The largest absolute Gasteiger partial charge is 0.493 e. The van der Waals surface area contributed by atoms with Gasteiger partial charge in [0.05, 0.1) is 31.6 Å². The average Bonchev–Trinajstić information content (AvgIpc) is 2.64. The number of rotatable bonds is 8. The van der Waals surface area contributed by atoms with Gasteiger partial charge in [-0.25, -0.2) is 0 Å². The lowest BCUT2D eigenvalue weighted by atomic mass is 9.94. The van der Waals surface area contributed by atoms with Gasteiger partial charge in [-0.05, 0) is 50.0 Å². The zero-order valence-electron chi connectivity index (χ0n) is 15.8. The highest BCUT2D eigenvalue weighted by atomic mass is 16.5. The van der Waals surface area contributed by atoms with Crippen LogP contribution in [0.25, 0.3) is 5.70 Å². The number of benzene rings is 1. The summed E-state index contributed by atoms with van der Waals surface area (Å²) in [4.78, 5) is 2.35. The Hall–Kier alpha value is -2.19. The lowest BCUT2D eigenvalue weighted by molar-refractivity contribution is 0.299. The molecule has 0 aliphatic carbocycles. The fraction of sp³-hybridized carbons (Fsp3) is 0.550. The maximum Gasteiger partial charge on any atom is 0.161 e. The summed E-state index contributed by atoms with van der Waals surface area (Å²) >= 11 is 0. The lowest BCUT2D eigenvalue weighted by Crippen LogP contribution is -2.31. The summed E-state index contributed by atoms with van der Waals surface area (Å²) in [5.74, 6) is 1.43. The quantitative estimate of drug-likeness (QED) is 0.735. The van der Waals surface area contributed by atoms with E-state index in [1.165, 1.54) is 5.56 Å². The Labute approximate surface area is 151 Å². The van der Waals surface area contributed by atoms with E-state index in [4.69, 9.17) is 9.47 Å². The molecule has 0 fully saturated rings. The topological polar surface area (TPSA) is 57.5 Å². The molecule has 25 heavy (non-hydrogen) atoms. The van der Waals surface area contributed by atoms with Crippen molar-refractivity contribution < 1.29 is 9.47 Å². The van der Waals surface area contributed by atoms with Crippen LogP contribution in [0, 0.1) is 11.3 Å². The maximum atomic E-state index is 9.79. The molecule has 2 rings (SSSR count). The van der Waals surface area contributed by atoms with E-state index in [1.807, 2.05) is 12.1 Å². The second kappa shape index (κ2) is 9.33. The van der Waals surface area contributed by atoms with Crippen LogP contribution in [0.2, 0.25) is 0 Å². The van der Waals surface area contributed by atoms with E-state index in [1.54, 1.807) is 14.2 Å². The molecule has 1 aliphatic rings. The van der Waals surface area contributed by atoms with Gasteiger partial charge < -0.3 is 14.8 Å². The van der Waals surface area contributed by atoms with Crippen molar-refractivity contribution in [1.82, 2.24) is 10.2 Å². The summed E-state index contributed by atoms with van der Waals surface area (Å²) < 4.78 is 10.9. The van der Waals surface area contributed by atoms with E-state index < -0.39 is 0 Å².